The molecule has 0 unspecified atom stereocenters. The lowest BCUT2D eigenvalue weighted by atomic mass is 10.1. The lowest BCUT2D eigenvalue weighted by Gasteiger charge is -2.11. The van der Waals surface area contributed by atoms with Crippen LogP contribution in [-0.4, -0.2) is 45.8 Å². The molecule has 0 radical (unpaired) electrons. The number of anilines is 1. The number of carbonyl (C=O) groups is 2. The fourth-order valence-corrected chi connectivity index (χ4v) is 2.79. The van der Waals surface area contributed by atoms with Crippen LogP contribution in [0.1, 0.15) is 50.5 Å². The molecular weight excluding hydrogens is 427 g/mol. The molecule has 178 valence electrons. The van der Waals surface area contributed by atoms with Gasteiger partial charge in [0.1, 0.15) is 18.2 Å². The van der Waals surface area contributed by atoms with Crippen LogP contribution in [0.3, 0.4) is 0 Å². The van der Waals surface area contributed by atoms with Crippen LogP contribution in [0, 0.1) is 0 Å². The highest BCUT2D eigenvalue weighted by molar-refractivity contribution is 5.86. The lowest BCUT2D eigenvalue weighted by Crippen LogP contribution is -2.34. The number of alkyl halides is 3. The lowest BCUT2D eigenvalue weighted by molar-refractivity contribution is -0.138. The predicted octanol–water partition coefficient (Wildman–Crippen LogP) is 3.66. The van der Waals surface area contributed by atoms with E-state index in [0.29, 0.717) is 18.1 Å². The second-order valence-electron chi connectivity index (χ2n) is 6.89. The molecular formula is C21H30F3N5O3. The minimum atomic E-state index is -4.45. The van der Waals surface area contributed by atoms with Gasteiger partial charge in [-0.15, -0.1) is 0 Å². The van der Waals surface area contributed by atoms with Gasteiger partial charge in [-0.2, -0.15) is 13.2 Å². The first-order chi connectivity index (χ1) is 15.2. The molecule has 1 rings (SSSR count). The summed E-state index contributed by atoms with van der Waals surface area (Å²) in [5.74, 6) is -0.263. The average Bonchev–Trinajstić information content (AvgIpc) is 3.08. The zero-order valence-corrected chi connectivity index (χ0v) is 18.0. The number of allylic oxidation sites excluding steroid dienone is 2. The Morgan fingerprint density at radius 1 is 1.22 bits per heavy atom. The van der Waals surface area contributed by atoms with Crippen molar-refractivity contribution in [3.63, 3.8) is 0 Å². The van der Waals surface area contributed by atoms with Gasteiger partial charge in [-0.25, -0.2) is 10.5 Å². The van der Waals surface area contributed by atoms with Gasteiger partial charge < -0.3 is 10.6 Å². The quantitative estimate of drug-likeness (QED) is 0.112. The Kier molecular flexibility index (Phi) is 11.9. The monoisotopic (exact) mass is 457 g/mol. The molecule has 2 amide bonds. The molecule has 1 aromatic rings. The van der Waals surface area contributed by atoms with Crippen molar-refractivity contribution in [3.8, 4) is 0 Å². The zero-order valence-electron chi connectivity index (χ0n) is 18.0. The van der Waals surface area contributed by atoms with Crippen molar-refractivity contribution in [2.45, 2.75) is 51.6 Å². The van der Waals surface area contributed by atoms with Crippen LogP contribution >= 0.6 is 0 Å². The van der Waals surface area contributed by atoms with Gasteiger partial charge in [-0.1, -0.05) is 44.9 Å². The van der Waals surface area contributed by atoms with Crippen LogP contribution in [0.15, 0.2) is 24.8 Å². The summed E-state index contributed by atoms with van der Waals surface area (Å²) >= 11 is 0. The van der Waals surface area contributed by atoms with Crippen LogP contribution in [0.2, 0.25) is 0 Å². The number of imidazole rings is 1. The Labute approximate surface area is 185 Å². The number of halogens is 3. The minimum absolute atomic E-state index is 0.116. The van der Waals surface area contributed by atoms with Crippen LogP contribution in [-0.2, 0) is 16.0 Å². The topological polar surface area (TPSA) is 108 Å². The van der Waals surface area contributed by atoms with E-state index in [-0.39, 0.29) is 13.0 Å². The van der Waals surface area contributed by atoms with Gasteiger partial charge in [0, 0.05) is 25.2 Å². The molecule has 11 heteroatoms. The average molecular weight is 457 g/mol. The third-order valence-corrected chi connectivity index (χ3v) is 4.30. The second kappa shape index (κ2) is 14.1. The van der Waals surface area contributed by atoms with Gasteiger partial charge in [-0.3, -0.25) is 19.4 Å². The smallest absolute Gasteiger partial charge is 0.369 e. The van der Waals surface area contributed by atoms with E-state index in [1.54, 1.807) is 16.7 Å². The molecule has 0 saturated heterocycles. The van der Waals surface area contributed by atoms with Crippen molar-refractivity contribution in [2.75, 3.05) is 18.4 Å². The third-order valence-electron chi connectivity index (χ3n) is 4.30. The normalized spacial score (nSPS) is 11.8. The molecule has 0 aromatic carbocycles. The second-order valence-corrected chi connectivity index (χ2v) is 6.89. The van der Waals surface area contributed by atoms with E-state index < -0.39 is 24.5 Å². The first kappa shape index (κ1) is 27.0. The summed E-state index contributed by atoms with van der Waals surface area (Å²) in [5.41, 5.74) is 2.22. The molecule has 0 bridgehead atoms. The summed E-state index contributed by atoms with van der Waals surface area (Å²) in [6, 6.07) is 0. The molecule has 0 aliphatic carbocycles. The van der Waals surface area contributed by atoms with E-state index in [4.69, 9.17) is 5.21 Å². The molecule has 0 atom stereocenters. The van der Waals surface area contributed by atoms with Crippen molar-refractivity contribution in [3.05, 3.63) is 36.3 Å². The van der Waals surface area contributed by atoms with E-state index in [1.165, 1.54) is 17.8 Å². The number of amides is 2. The van der Waals surface area contributed by atoms with Gasteiger partial charge in [0.15, 0.2) is 0 Å². The minimum Gasteiger partial charge on any atom is -0.369 e. The van der Waals surface area contributed by atoms with Crippen molar-refractivity contribution < 1.29 is 28.0 Å². The number of aryl methyl sites for hydroxylation is 1. The number of nitrogens with one attached hydrogen (secondary N) is 3. The molecule has 0 aliphatic heterocycles. The highest BCUT2D eigenvalue weighted by Crippen LogP contribution is 2.22. The molecule has 0 fully saturated rings. The van der Waals surface area contributed by atoms with E-state index >= 15 is 0 Å². The summed E-state index contributed by atoms with van der Waals surface area (Å²) in [6.45, 7) is 4.63. The van der Waals surface area contributed by atoms with Crippen LogP contribution in [0.25, 0.3) is 12.3 Å². The largest absolute Gasteiger partial charge is 0.405 e. The summed E-state index contributed by atoms with van der Waals surface area (Å²) < 4.78 is 38.3. The van der Waals surface area contributed by atoms with Crippen molar-refractivity contribution in [1.82, 2.24) is 20.3 Å². The Balaban J connectivity index is 2.91. The number of hydrogen-bond acceptors (Lipinski definition) is 5. The summed E-state index contributed by atoms with van der Waals surface area (Å²) in [4.78, 5) is 27.3. The first-order valence-corrected chi connectivity index (χ1v) is 10.3. The maximum Gasteiger partial charge on any atom is 0.405 e. The van der Waals surface area contributed by atoms with Crippen molar-refractivity contribution in [2.24, 2.45) is 0 Å². The zero-order chi connectivity index (χ0) is 24.0. The standard InChI is InChI=1S/C21H30F3N5O3/c1-3-5-6-7-10-16-20(25-14-13-18(30)26-15-21(22,23)24)29(4-2)17(27-16)11-8-9-12-19(31)28-32/h4,8-9,11-12,25,32H,2-3,5-7,10,13-15H2,1H3,(H,26,30)(H,28,31)/b11-8+,12-9+. The highest BCUT2D eigenvalue weighted by Gasteiger charge is 2.27. The molecule has 4 N–H and O–H groups in total. The van der Waals surface area contributed by atoms with E-state index in [1.807, 2.05) is 5.32 Å². The maximum absolute atomic E-state index is 12.2. The van der Waals surface area contributed by atoms with Crippen molar-refractivity contribution in [1.29, 1.82) is 0 Å². The third kappa shape index (κ3) is 10.3. The number of rotatable bonds is 14. The van der Waals surface area contributed by atoms with Gasteiger partial charge in [0.2, 0.25) is 5.91 Å². The molecule has 8 nitrogen and oxygen atoms in total. The first-order valence-electron chi connectivity index (χ1n) is 10.3. The molecule has 32 heavy (non-hydrogen) atoms. The molecule has 0 spiro atoms. The van der Waals surface area contributed by atoms with Gasteiger partial charge in [-0.05, 0) is 18.9 Å². The van der Waals surface area contributed by atoms with Gasteiger partial charge >= 0.3 is 6.18 Å². The van der Waals surface area contributed by atoms with Crippen molar-refractivity contribution >= 4 is 29.9 Å². The fraction of sp³-hybridized carbons (Fsp3) is 0.476. The Bertz CT molecular complexity index is 816. The van der Waals surface area contributed by atoms with Gasteiger partial charge in [0.05, 0.1) is 5.69 Å². The fourth-order valence-electron chi connectivity index (χ4n) is 2.79. The van der Waals surface area contributed by atoms with Crippen LogP contribution in [0.5, 0.6) is 0 Å². The predicted molar refractivity (Wildman–Crippen MR) is 117 cm³/mol. The highest BCUT2D eigenvalue weighted by atomic mass is 19.4. The van der Waals surface area contributed by atoms with Crippen LogP contribution < -0.4 is 16.1 Å². The molecule has 0 aliphatic rings. The number of aromatic nitrogens is 2. The van der Waals surface area contributed by atoms with E-state index in [0.717, 1.165) is 37.5 Å². The summed E-state index contributed by atoms with van der Waals surface area (Å²) in [5, 5.41) is 13.4. The Morgan fingerprint density at radius 2 is 1.97 bits per heavy atom. The summed E-state index contributed by atoms with van der Waals surface area (Å²) in [7, 11) is 0. The van der Waals surface area contributed by atoms with E-state index in [2.05, 4.69) is 23.8 Å². The van der Waals surface area contributed by atoms with E-state index in [9.17, 15) is 22.8 Å². The molecule has 1 aromatic heterocycles. The van der Waals surface area contributed by atoms with Crippen LogP contribution in [0.4, 0.5) is 19.0 Å². The number of carbonyl (C=O) groups excluding carboxylic acids is 2. The maximum atomic E-state index is 12.2. The number of hydrogen-bond donors (Lipinski definition) is 4. The molecule has 1 heterocycles. The number of unbranched alkanes of at least 4 members (excludes halogenated alkanes) is 3. The number of nitrogens with zero attached hydrogens (tertiary/aromatic N) is 2. The molecule has 0 saturated carbocycles. The van der Waals surface area contributed by atoms with Gasteiger partial charge in [0.25, 0.3) is 5.91 Å². The Morgan fingerprint density at radius 3 is 2.59 bits per heavy atom. The summed E-state index contributed by atoms with van der Waals surface area (Å²) in [6.07, 6.45) is 7.47. The number of hydroxylamine groups is 1. The Hall–Kier alpha value is -3.08. The SMILES string of the molecule is C=Cn1c(/C=C/C=C/C(=O)NO)nc(CCCCCC)c1NCCC(=O)NCC(F)(F)F.